The van der Waals surface area contributed by atoms with Gasteiger partial charge in [0, 0.05) is 68.3 Å². The number of carbonyl (C=O) groups excluding carboxylic acids is 2. The number of carbonyl (C=O) groups is 2. The van der Waals surface area contributed by atoms with E-state index in [9.17, 15) is 9.59 Å². The number of nitrogens with zero attached hydrogens (tertiary/aromatic N) is 7. The van der Waals surface area contributed by atoms with Crippen molar-refractivity contribution in [1.82, 2.24) is 30.1 Å². The number of hydrogen-bond donors (Lipinski definition) is 3. The van der Waals surface area contributed by atoms with Crippen molar-refractivity contribution in [3.05, 3.63) is 54.1 Å². The molecule has 0 unspecified atom stereocenters. The maximum absolute atomic E-state index is 12.7. The van der Waals surface area contributed by atoms with Gasteiger partial charge in [-0.25, -0.2) is 4.79 Å². The highest BCUT2D eigenvalue weighted by Gasteiger charge is 2.22. The lowest BCUT2D eigenvalue weighted by atomic mass is 10.2. The van der Waals surface area contributed by atoms with Crippen LogP contribution in [0.25, 0.3) is 11.4 Å². The molecule has 1 aromatic heterocycles. The Labute approximate surface area is 271 Å². The van der Waals surface area contributed by atoms with Crippen LogP contribution in [-0.4, -0.2) is 123 Å². The molecule has 0 spiro atoms. The van der Waals surface area contributed by atoms with Gasteiger partial charge in [0.1, 0.15) is 0 Å². The zero-order valence-corrected chi connectivity index (χ0v) is 27.2. The van der Waals surface area contributed by atoms with Gasteiger partial charge in [-0.2, -0.15) is 15.0 Å². The molecule has 5 rings (SSSR count). The molecule has 3 amide bonds. The van der Waals surface area contributed by atoms with Crippen LogP contribution >= 0.6 is 0 Å². The Morgan fingerprint density at radius 1 is 0.804 bits per heavy atom. The fourth-order valence-electron chi connectivity index (χ4n) is 5.44. The van der Waals surface area contributed by atoms with Crippen LogP contribution in [0.5, 0.6) is 0 Å². The summed E-state index contributed by atoms with van der Waals surface area (Å²) >= 11 is 0. The van der Waals surface area contributed by atoms with Gasteiger partial charge in [0.25, 0.3) is 5.91 Å². The van der Waals surface area contributed by atoms with Crippen LogP contribution in [-0.2, 0) is 4.74 Å². The van der Waals surface area contributed by atoms with E-state index in [1.807, 2.05) is 43.3 Å². The van der Waals surface area contributed by atoms with E-state index >= 15 is 0 Å². The number of hydrogen-bond acceptors (Lipinski definition) is 10. The zero-order chi connectivity index (χ0) is 32.3. The second-order valence-corrected chi connectivity index (χ2v) is 11.8. The molecular weight excluding hydrogens is 584 g/mol. The molecule has 2 aliphatic heterocycles. The molecule has 246 valence electrons. The second-order valence-electron chi connectivity index (χ2n) is 11.8. The number of aromatic nitrogens is 3. The molecule has 3 heterocycles. The average Bonchev–Trinajstić information content (AvgIpc) is 3.31. The maximum Gasteiger partial charge on any atom is 0.323 e. The minimum atomic E-state index is -0.383. The smallest absolute Gasteiger partial charge is 0.323 e. The van der Waals surface area contributed by atoms with Crippen LogP contribution in [0.1, 0.15) is 30.1 Å². The molecule has 2 fully saturated rings. The fourth-order valence-corrected chi connectivity index (χ4v) is 5.44. The highest BCUT2D eigenvalue weighted by molar-refractivity contribution is 6.00. The van der Waals surface area contributed by atoms with Crippen LogP contribution in [0.15, 0.2) is 48.5 Å². The van der Waals surface area contributed by atoms with E-state index in [-0.39, 0.29) is 11.9 Å². The lowest BCUT2D eigenvalue weighted by molar-refractivity contribution is 0.0951. The fraction of sp³-hybridized carbons (Fsp3) is 0.485. The van der Waals surface area contributed by atoms with Gasteiger partial charge < -0.3 is 40.3 Å². The minimum absolute atomic E-state index is 0.148. The van der Waals surface area contributed by atoms with Crippen molar-refractivity contribution in [2.75, 3.05) is 107 Å². The normalized spacial score (nSPS) is 15.8. The van der Waals surface area contributed by atoms with E-state index in [0.717, 1.165) is 70.8 Å². The number of likely N-dealkylation sites (N-methyl/N-ethyl adjacent to an activating group) is 1. The van der Waals surface area contributed by atoms with Crippen molar-refractivity contribution in [2.45, 2.75) is 19.8 Å². The third-order valence-electron chi connectivity index (χ3n) is 7.97. The van der Waals surface area contributed by atoms with E-state index in [4.69, 9.17) is 19.7 Å². The van der Waals surface area contributed by atoms with Crippen molar-refractivity contribution in [3.8, 4) is 11.4 Å². The Morgan fingerprint density at radius 2 is 1.43 bits per heavy atom. The van der Waals surface area contributed by atoms with Gasteiger partial charge in [0.2, 0.25) is 11.9 Å². The molecule has 3 aromatic rings. The molecule has 2 aliphatic rings. The summed E-state index contributed by atoms with van der Waals surface area (Å²) in [4.78, 5) is 48.7. The van der Waals surface area contributed by atoms with Gasteiger partial charge in [0.05, 0.1) is 13.2 Å². The molecule has 0 aliphatic carbocycles. The highest BCUT2D eigenvalue weighted by atomic mass is 16.5. The van der Waals surface area contributed by atoms with E-state index in [1.54, 1.807) is 24.3 Å². The SMILES string of the molecule is CCCN1CCCN(c2nc(-c3ccc(NC(=O)Nc4ccc(C(=O)NCCN(C)C)cc4)cc3)nc(N3CCOCC3)n2)CC1. The minimum Gasteiger partial charge on any atom is -0.378 e. The van der Waals surface area contributed by atoms with E-state index in [1.165, 1.54) is 0 Å². The summed E-state index contributed by atoms with van der Waals surface area (Å²) in [7, 11) is 3.91. The first-order chi connectivity index (χ1) is 22.4. The molecule has 3 N–H and O–H groups in total. The van der Waals surface area contributed by atoms with Gasteiger partial charge >= 0.3 is 6.03 Å². The van der Waals surface area contributed by atoms with Gasteiger partial charge in [-0.3, -0.25) is 4.79 Å². The monoisotopic (exact) mass is 630 g/mol. The zero-order valence-electron chi connectivity index (χ0n) is 27.2. The molecule has 0 bridgehead atoms. The predicted octanol–water partition coefficient (Wildman–Crippen LogP) is 3.23. The predicted molar refractivity (Wildman–Crippen MR) is 182 cm³/mol. The van der Waals surface area contributed by atoms with Crippen molar-refractivity contribution >= 4 is 35.2 Å². The largest absolute Gasteiger partial charge is 0.378 e. The molecule has 13 nitrogen and oxygen atoms in total. The number of anilines is 4. The molecule has 2 saturated heterocycles. The third kappa shape index (κ3) is 9.35. The Morgan fingerprint density at radius 3 is 2.07 bits per heavy atom. The second kappa shape index (κ2) is 16.3. The topological polar surface area (TPSA) is 131 Å². The van der Waals surface area contributed by atoms with Crippen LogP contribution in [0.3, 0.4) is 0 Å². The number of benzene rings is 2. The van der Waals surface area contributed by atoms with E-state index < -0.39 is 0 Å². The summed E-state index contributed by atoms with van der Waals surface area (Å²) in [5, 5.41) is 8.57. The summed E-state index contributed by atoms with van der Waals surface area (Å²) in [5.41, 5.74) is 2.59. The summed E-state index contributed by atoms with van der Waals surface area (Å²) in [6, 6.07) is 13.9. The van der Waals surface area contributed by atoms with Gasteiger partial charge in [-0.1, -0.05) is 6.92 Å². The number of morpholine rings is 1. The first-order valence-electron chi connectivity index (χ1n) is 16.2. The van der Waals surface area contributed by atoms with Gasteiger partial charge in [-0.05, 0) is 88.6 Å². The third-order valence-corrected chi connectivity index (χ3v) is 7.97. The number of urea groups is 1. The lowest BCUT2D eigenvalue weighted by Gasteiger charge is -2.28. The van der Waals surface area contributed by atoms with Crippen molar-refractivity contribution in [3.63, 3.8) is 0 Å². The summed E-state index contributed by atoms with van der Waals surface area (Å²) in [5.74, 6) is 1.81. The molecule has 13 heteroatoms. The van der Waals surface area contributed by atoms with Crippen molar-refractivity contribution in [1.29, 1.82) is 0 Å². The van der Waals surface area contributed by atoms with Gasteiger partial charge in [0.15, 0.2) is 5.82 Å². The molecular formula is C33H46N10O3. The molecule has 0 radical (unpaired) electrons. The van der Waals surface area contributed by atoms with E-state index in [0.29, 0.717) is 54.4 Å². The van der Waals surface area contributed by atoms with Crippen LogP contribution in [0.2, 0.25) is 0 Å². The Balaban J connectivity index is 1.24. The molecule has 0 saturated carbocycles. The average molecular weight is 631 g/mol. The summed E-state index contributed by atoms with van der Waals surface area (Å²) < 4.78 is 5.56. The number of ether oxygens (including phenoxy) is 1. The molecule has 46 heavy (non-hydrogen) atoms. The Hall–Kier alpha value is -4.33. The van der Waals surface area contributed by atoms with Crippen LogP contribution in [0.4, 0.5) is 28.1 Å². The quantitative estimate of drug-likeness (QED) is 0.290. The lowest BCUT2D eigenvalue weighted by Crippen LogP contribution is -2.38. The Kier molecular flexibility index (Phi) is 11.7. The summed E-state index contributed by atoms with van der Waals surface area (Å²) in [6.07, 6.45) is 2.21. The first kappa shape index (κ1) is 33.0. The number of rotatable bonds is 11. The number of amides is 3. The van der Waals surface area contributed by atoms with Crippen molar-refractivity contribution < 1.29 is 14.3 Å². The maximum atomic E-state index is 12.7. The van der Waals surface area contributed by atoms with Crippen LogP contribution in [0, 0.1) is 0 Å². The number of nitrogens with one attached hydrogen (secondary N) is 3. The van der Waals surface area contributed by atoms with Gasteiger partial charge in [-0.15, -0.1) is 0 Å². The molecule has 0 atom stereocenters. The van der Waals surface area contributed by atoms with E-state index in [2.05, 4.69) is 37.6 Å². The van der Waals surface area contributed by atoms with Crippen LogP contribution < -0.4 is 25.8 Å². The Bertz CT molecular complexity index is 1430. The summed E-state index contributed by atoms with van der Waals surface area (Å²) in [6.45, 7) is 11.2. The first-order valence-corrected chi connectivity index (χ1v) is 16.2. The molecule has 2 aromatic carbocycles. The highest BCUT2D eigenvalue weighted by Crippen LogP contribution is 2.24. The standard InChI is InChI=1S/C33H46N10O3/c1-4-15-41-16-5-17-42(20-19-41)31-37-29(38-32(39-31)43-21-23-46-24-22-43)25-6-10-27(11-7-25)35-33(45)36-28-12-8-26(9-13-28)30(44)34-14-18-40(2)3/h6-13H,4-5,14-24H2,1-3H3,(H,34,44)(H2,35,36,45). The van der Waals surface area contributed by atoms with Crippen molar-refractivity contribution in [2.24, 2.45) is 0 Å².